The fraction of sp³-hybridized carbons (Fsp3) is 0.385. The van der Waals surface area contributed by atoms with E-state index < -0.39 is 0 Å². The number of aryl methyl sites for hydroxylation is 1. The molecule has 2 N–H and O–H groups in total. The molecule has 1 aliphatic carbocycles. The highest BCUT2D eigenvalue weighted by molar-refractivity contribution is 5.47. The van der Waals surface area contributed by atoms with Crippen molar-refractivity contribution in [3.63, 3.8) is 0 Å². The first kappa shape index (κ1) is 10.3. The minimum absolute atomic E-state index is 0.600. The molecule has 2 aromatic rings. The molecule has 1 aromatic carbocycles. The van der Waals surface area contributed by atoms with E-state index in [1.807, 2.05) is 36.0 Å². The monoisotopic (exact) mass is 228 g/mol. The van der Waals surface area contributed by atoms with Crippen LogP contribution in [0.5, 0.6) is 0 Å². The lowest BCUT2D eigenvalue weighted by molar-refractivity contribution is 0.706. The maximum atomic E-state index is 5.94. The van der Waals surface area contributed by atoms with E-state index in [0.717, 1.165) is 29.3 Å². The first-order valence-corrected chi connectivity index (χ1v) is 5.97. The van der Waals surface area contributed by atoms with Gasteiger partial charge in [-0.1, -0.05) is 18.2 Å². The summed E-state index contributed by atoms with van der Waals surface area (Å²) < 4.78 is 1.88. The van der Waals surface area contributed by atoms with Gasteiger partial charge in [0.2, 0.25) is 0 Å². The van der Waals surface area contributed by atoms with Crippen LogP contribution < -0.4 is 5.73 Å². The molecule has 0 spiro atoms. The van der Waals surface area contributed by atoms with Gasteiger partial charge in [-0.25, -0.2) is 4.98 Å². The largest absolute Gasteiger partial charge is 0.398 e. The van der Waals surface area contributed by atoms with Gasteiger partial charge >= 0.3 is 0 Å². The van der Waals surface area contributed by atoms with E-state index in [-0.39, 0.29) is 0 Å². The molecule has 0 atom stereocenters. The smallest absolute Gasteiger partial charge is 0.154 e. The molecule has 1 aromatic heterocycles. The van der Waals surface area contributed by atoms with Crippen LogP contribution in [0, 0.1) is 0 Å². The van der Waals surface area contributed by atoms with Crippen LogP contribution in [0.2, 0.25) is 0 Å². The number of benzene rings is 1. The maximum Gasteiger partial charge on any atom is 0.154 e. The summed E-state index contributed by atoms with van der Waals surface area (Å²) >= 11 is 0. The molecule has 4 nitrogen and oxygen atoms in total. The number of aromatic nitrogens is 3. The fourth-order valence-corrected chi connectivity index (χ4v) is 1.97. The molecule has 0 bridgehead atoms. The van der Waals surface area contributed by atoms with E-state index in [2.05, 4.69) is 10.1 Å². The standard InChI is InChI=1S/C13H16N4/c1-17-12(15-13(16-17)9-6-7-9)8-10-4-2-3-5-11(10)14/h2-5,9H,6-8,14H2,1H3. The van der Waals surface area contributed by atoms with Crippen molar-refractivity contribution in [2.24, 2.45) is 7.05 Å². The number of para-hydroxylation sites is 1. The Hall–Kier alpha value is -1.84. The number of nitrogens with two attached hydrogens (primary N) is 1. The number of hydrogen-bond acceptors (Lipinski definition) is 3. The molecule has 3 rings (SSSR count). The minimum Gasteiger partial charge on any atom is -0.398 e. The summed E-state index contributed by atoms with van der Waals surface area (Å²) in [5.74, 6) is 2.59. The van der Waals surface area contributed by atoms with Gasteiger partial charge in [-0.3, -0.25) is 4.68 Å². The molecule has 0 saturated heterocycles. The van der Waals surface area contributed by atoms with Crippen molar-refractivity contribution in [2.45, 2.75) is 25.2 Å². The molecule has 1 saturated carbocycles. The molecule has 0 aliphatic heterocycles. The topological polar surface area (TPSA) is 56.7 Å². The Morgan fingerprint density at radius 3 is 2.82 bits per heavy atom. The average molecular weight is 228 g/mol. The van der Waals surface area contributed by atoms with Gasteiger partial charge in [-0.2, -0.15) is 5.10 Å². The number of nitrogen functional groups attached to an aromatic ring is 1. The third kappa shape index (κ3) is 2.02. The number of hydrogen-bond donors (Lipinski definition) is 1. The summed E-state index contributed by atoms with van der Waals surface area (Å²) in [6.45, 7) is 0. The quantitative estimate of drug-likeness (QED) is 0.816. The van der Waals surface area contributed by atoms with E-state index in [9.17, 15) is 0 Å². The lowest BCUT2D eigenvalue weighted by atomic mass is 10.1. The first-order valence-electron chi connectivity index (χ1n) is 5.97. The summed E-state index contributed by atoms with van der Waals surface area (Å²) in [5, 5.41) is 4.46. The lowest BCUT2D eigenvalue weighted by Gasteiger charge is -2.03. The third-order valence-corrected chi connectivity index (χ3v) is 3.22. The molecular formula is C13H16N4. The summed E-state index contributed by atoms with van der Waals surface area (Å²) in [6.07, 6.45) is 3.22. The van der Waals surface area contributed by atoms with Crippen molar-refractivity contribution >= 4 is 5.69 Å². The van der Waals surface area contributed by atoms with Gasteiger partial charge < -0.3 is 5.73 Å². The minimum atomic E-state index is 0.600. The molecule has 0 amide bonds. The summed E-state index contributed by atoms with van der Waals surface area (Å²) in [7, 11) is 1.95. The summed E-state index contributed by atoms with van der Waals surface area (Å²) in [4.78, 5) is 4.60. The van der Waals surface area contributed by atoms with Gasteiger partial charge in [-0.05, 0) is 24.5 Å². The Bertz CT molecular complexity index is 540. The van der Waals surface area contributed by atoms with Crippen LogP contribution in [-0.2, 0) is 13.5 Å². The lowest BCUT2D eigenvalue weighted by Crippen LogP contribution is -2.02. The Morgan fingerprint density at radius 1 is 1.35 bits per heavy atom. The van der Waals surface area contributed by atoms with Crippen molar-refractivity contribution < 1.29 is 0 Å². The maximum absolute atomic E-state index is 5.94. The second-order valence-electron chi connectivity index (χ2n) is 4.66. The van der Waals surface area contributed by atoms with E-state index >= 15 is 0 Å². The normalized spacial score (nSPS) is 15.1. The van der Waals surface area contributed by atoms with Crippen molar-refractivity contribution in [1.29, 1.82) is 0 Å². The second kappa shape index (κ2) is 3.87. The fourth-order valence-electron chi connectivity index (χ4n) is 1.97. The van der Waals surface area contributed by atoms with Crippen molar-refractivity contribution in [1.82, 2.24) is 14.8 Å². The predicted molar refractivity (Wildman–Crippen MR) is 66.6 cm³/mol. The predicted octanol–water partition coefficient (Wildman–Crippen LogP) is 1.87. The van der Waals surface area contributed by atoms with E-state index in [4.69, 9.17) is 5.73 Å². The zero-order valence-electron chi connectivity index (χ0n) is 9.93. The Kier molecular flexibility index (Phi) is 2.35. The van der Waals surface area contributed by atoms with Gasteiger partial charge in [0.15, 0.2) is 5.82 Å². The highest BCUT2D eigenvalue weighted by Gasteiger charge is 2.28. The van der Waals surface area contributed by atoms with Crippen LogP contribution in [0.15, 0.2) is 24.3 Å². The van der Waals surface area contributed by atoms with Crippen molar-refractivity contribution in [3.8, 4) is 0 Å². The van der Waals surface area contributed by atoms with Crippen LogP contribution in [-0.4, -0.2) is 14.8 Å². The van der Waals surface area contributed by atoms with E-state index in [1.54, 1.807) is 0 Å². The van der Waals surface area contributed by atoms with Gasteiger partial charge in [0, 0.05) is 25.1 Å². The molecule has 1 heterocycles. The molecular weight excluding hydrogens is 212 g/mol. The SMILES string of the molecule is Cn1nc(C2CC2)nc1Cc1ccccc1N. The van der Waals surface area contributed by atoms with Gasteiger partial charge in [0.25, 0.3) is 0 Å². The van der Waals surface area contributed by atoms with Crippen LogP contribution in [0.1, 0.15) is 36.0 Å². The van der Waals surface area contributed by atoms with E-state index in [0.29, 0.717) is 5.92 Å². The Labute approximate surface area is 100 Å². The van der Waals surface area contributed by atoms with Crippen LogP contribution in [0.25, 0.3) is 0 Å². The molecule has 1 aliphatic rings. The van der Waals surface area contributed by atoms with Crippen molar-refractivity contribution in [2.75, 3.05) is 5.73 Å². The van der Waals surface area contributed by atoms with Crippen molar-refractivity contribution in [3.05, 3.63) is 41.5 Å². The number of nitrogens with zero attached hydrogens (tertiary/aromatic N) is 3. The van der Waals surface area contributed by atoms with Gasteiger partial charge in [0.05, 0.1) is 0 Å². The second-order valence-corrected chi connectivity index (χ2v) is 4.66. The average Bonchev–Trinajstić information content (AvgIpc) is 3.09. The molecule has 17 heavy (non-hydrogen) atoms. The molecule has 0 radical (unpaired) electrons. The molecule has 0 unspecified atom stereocenters. The Balaban J connectivity index is 1.87. The van der Waals surface area contributed by atoms with Crippen LogP contribution >= 0.6 is 0 Å². The van der Waals surface area contributed by atoms with Gasteiger partial charge in [-0.15, -0.1) is 0 Å². The number of rotatable bonds is 3. The van der Waals surface area contributed by atoms with Crippen LogP contribution in [0.3, 0.4) is 0 Å². The highest BCUT2D eigenvalue weighted by atomic mass is 15.3. The van der Waals surface area contributed by atoms with E-state index in [1.165, 1.54) is 12.8 Å². The molecule has 1 fully saturated rings. The zero-order valence-corrected chi connectivity index (χ0v) is 9.93. The molecule has 4 heteroatoms. The zero-order chi connectivity index (χ0) is 11.8. The third-order valence-electron chi connectivity index (χ3n) is 3.22. The Morgan fingerprint density at radius 2 is 2.12 bits per heavy atom. The molecule has 88 valence electrons. The van der Waals surface area contributed by atoms with Crippen LogP contribution in [0.4, 0.5) is 5.69 Å². The highest BCUT2D eigenvalue weighted by Crippen LogP contribution is 2.38. The van der Waals surface area contributed by atoms with Gasteiger partial charge in [0.1, 0.15) is 5.82 Å². The summed E-state index contributed by atoms with van der Waals surface area (Å²) in [6, 6.07) is 7.92. The summed E-state index contributed by atoms with van der Waals surface area (Å²) in [5.41, 5.74) is 7.88. The first-order chi connectivity index (χ1) is 8.24. The number of anilines is 1.